The van der Waals surface area contributed by atoms with Crippen molar-refractivity contribution in [3.05, 3.63) is 35.4 Å². The van der Waals surface area contributed by atoms with Crippen molar-refractivity contribution in [3.63, 3.8) is 0 Å². The summed E-state index contributed by atoms with van der Waals surface area (Å²) in [5.41, 5.74) is 1.53. The number of rotatable bonds is 7. The van der Waals surface area contributed by atoms with Gasteiger partial charge in [0.25, 0.3) is 0 Å². The van der Waals surface area contributed by atoms with Crippen molar-refractivity contribution in [2.45, 2.75) is 18.9 Å². The molecule has 5 nitrogen and oxygen atoms in total. The van der Waals surface area contributed by atoms with Gasteiger partial charge in [-0.15, -0.1) is 0 Å². The topological polar surface area (TPSA) is 86.6 Å². The molecule has 0 fully saturated rings. The highest BCUT2D eigenvalue weighted by molar-refractivity contribution is 9.09. The average molecular weight is 330 g/mol. The molecule has 1 atom stereocenters. The second-order valence-corrected chi connectivity index (χ2v) is 4.68. The monoisotopic (exact) mass is 329 g/mol. The number of carbonyl (C=O) groups is 2. The maximum absolute atomic E-state index is 11.4. The van der Waals surface area contributed by atoms with E-state index in [4.69, 9.17) is 10.2 Å². The lowest BCUT2D eigenvalue weighted by Crippen LogP contribution is -2.36. The summed E-state index contributed by atoms with van der Waals surface area (Å²) in [6.45, 7) is -0.0783. The second-order valence-electron chi connectivity index (χ2n) is 4.12. The number of carbonyl (C=O) groups excluding carboxylic acids is 1. The summed E-state index contributed by atoms with van der Waals surface area (Å²) < 4.78 is 0. The number of carboxylic acid groups (broad SMARTS) is 1. The summed E-state index contributed by atoms with van der Waals surface area (Å²) >= 11 is 3.11. The maximum atomic E-state index is 11.4. The van der Waals surface area contributed by atoms with Gasteiger partial charge in [-0.1, -0.05) is 40.2 Å². The van der Waals surface area contributed by atoms with Gasteiger partial charge in [0, 0.05) is 18.2 Å². The molecule has 3 N–H and O–H groups in total. The second kappa shape index (κ2) is 7.91. The molecule has 0 aliphatic carbocycles. The average Bonchev–Trinajstić information content (AvgIpc) is 2.38. The summed E-state index contributed by atoms with van der Waals surface area (Å²) in [5, 5.41) is 20.2. The van der Waals surface area contributed by atoms with Gasteiger partial charge in [-0.25, -0.2) is 4.79 Å². The van der Waals surface area contributed by atoms with E-state index in [0.29, 0.717) is 18.4 Å². The highest BCUT2D eigenvalue weighted by Crippen LogP contribution is 2.10. The Morgan fingerprint density at radius 3 is 2.37 bits per heavy atom. The molecule has 0 bridgehead atoms. The molecule has 1 aromatic carbocycles. The van der Waals surface area contributed by atoms with Crippen LogP contribution in [-0.2, 0) is 6.42 Å². The molecule has 0 aliphatic heterocycles. The van der Waals surface area contributed by atoms with Crippen molar-refractivity contribution < 1.29 is 19.8 Å². The van der Waals surface area contributed by atoms with Gasteiger partial charge in [0.05, 0.1) is 5.33 Å². The van der Waals surface area contributed by atoms with Crippen molar-refractivity contribution >= 4 is 27.8 Å². The van der Waals surface area contributed by atoms with Gasteiger partial charge in [-0.3, -0.25) is 4.79 Å². The minimum atomic E-state index is -1.11. The number of aliphatic hydroxyl groups is 1. The SMILES string of the molecule is O=C(O)N[C@H](CCO)Cc1ccc(C(=O)CBr)cc1. The summed E-state index contributed by atoms with van der Waals surface area (Å²) in [6, 6.07) is 6.69. The van der Waals surface area contributed by atoms with Gasteiger partial charge in [0.1, 0.15) is 0 Å². The quantitative estimate of drug-likeness (QED) is 0.526. The number of benzene rings is 1. The van der Waals surface area contributed by atoms with Crippen LogP contribution in [0.25, 0.3) is 0 Å². The number of nitrogens with one attached hydrogen (secondary N) is 1. The molecule has 1 rings (SSSR count). The highest BCUT2D eigenvalue weighted by Gasteiger charge is 2.12. The molecular formula is C13H16BrNO4. The van der Waals surface area contributed by atoms with Crippen LogP contribution in [0, 0.1) is 0 Å². The van der Waals surface area contributed by atoms with E-state index in [0.717, 1.165) is 5.56 Å². The summed E-state index contributed by atoms with van der Waals surface area (Å²) in [6.07, 6.45) is -0.270. The molecule has 1 amide bonds. The number of aliphatic hydroxyl groups excluding tert-OH is 1. The van der Waals surface area contributed by atoms with E-state index in [1.807, 2.05) is 0 Å². The zero-order chi connectivity index (χ0) is 14.3. The highest BCUT2D eigenvalue weighted by atomic mass is 79.9. The summed E-state index contributed by atoms with van der Waals surface area (Å²) in [4.78, 5) is 22.0. The Morgan fingerprint density at radius 2 is 1.89 bits per heavy atom. The fourth-order valence-electron chi connectivity index (χ4n) is 1.74. The number of ketones is 1. The number of halogens is 1. The van der Waals surface area contributed by atoms with E-state index < -0.39 is 6.09 Å². The van der Waals surface area contributed by atoms with Crippen LogP contribution in [0.3, 0.4) is 0 Å². The Labute approximate surface area is 119 Å². The standard InChI is InChI=1S/C13H16BrNO4/c14-8-12(17)10-3-1-9(2-4-10)7-11(5-6-16)15-13(18)19/h1-4,11,15-16H,5-8H2,(H,18,19)/t11-/m1/s1. The van der Waals surface area contributed by atoms with Crippen LogP contribution in [0.15, 0.2) is 24.3 Å². The third-order valence-corrected chi connectivity index (χ3v) is 3.19. The minimum Gasteiger partial charge on any atom is -0.465 e. The fourth-order valence-corrected chi connectivity index (χ4v) is 2.07. The minimum absolute atomic E-state index is 0.00196. The normalized spacial score (nSPS) is 11.9. The molecule has 0 aromatic heterocycles. The largest absolute Gasteiger partial charge is 0.465 e. The van der Waals surface area contributed by atoms with E-state index in [-0.39, 0.29) is 23.8 Å². The van der Waals surface area contributed by atoms with E-state index in [1.54, 1.807) is 24.3 Å². The van der Waals surface area contributed by atoms with Crippen LogP contribution in [0.2, 0.25) is 0 Å². The van der Waals surface area contributed by atoms with E-state index in [2.05, 4.69) is 21.2 Å². The Bertz CT molecular complexity index is 433. The van der Waals surface area contributed by atoms with Gasteiger partial charge >= 0.3 is 6.09 Å². The van der Waals surface area contributed by atoms with Crippen molar-refractivity contribution in [2.24, 2.45) is 0 Å². The van der Waals surface area contributed by atoms with Gasteiger partial charge in [0.2, 0.25) is 0 Å². The van der Waals surface area contributed by atoms with E-state index >= 15 is 0 Å². The first-order chi connectivity index (χ1) is 9.06. The molecule has 0 saturated heterocycles. The van der Waals surface area contributed by atoms with Crippen molar-refractivity contribution in [2.75, 3.05) is 11.9 Å². The van der Waals surface area contributed by atoms with E-state index in [1.165, 1.54) is 0 Å². The molecule has 6 heteroatoms. The number of hydrogen-bond donors (Lipinski definition) is 3. The fraction of sp³-hybridized carbons (Fsp3) is 0.385. The predicted molar refractivity (Wildman–Crippen MR) is 74.9 cm³/mol. The zero-order valence-corrected chi connectivity index (χ0v) is 11.9. The van der Waals surface area contributed by atoms with Gasteiger partial charge in [-0.05, 0) is 18.4 Å². The predicted octanol–water partition coefficient (Wildman–Crippen LogP) is 1.83. The molecule has 0 heterocycles. The lowest BCUT2D eigenvalue weighted by Gasteiger charge is -2.15. The van der Waals surface area contributed by atoms with Crippen molar-refractivity contribution in [1.29, 1.82) is 0 Å². The smallest absolute Gasteiger partial charge is 0.404 e. The molecule has 0 spiro atoms. The summed E-state index contributed by atoms with van der Waals surface area (Å²) in [7, 11) is 0. The Morgan fingerprint density at radius 1 is 1.26 bits per heavy atom. The van der Waals surface area contributed by atoms with Crippen LogP contribution < -0.4 is 5.32 Å². The van der Waals surface area contributed by atoms with Crippen molar-refractivity contribution in [1.82, 2.24) is 5.32 Å². The summed E-state index contributed by atoms with van der Waals surface area (Å²) in [5.74, 6) is 0.00196. The molecule has 0 unspecified atom stereocenters. The molecule has 0 saturated carbocycles. The Balaban J connectivity index is 2.68. The van der Waals surface area contributed by atoms with Gasteiger partial charge < -0.3 is 15.5 Å². The van der Waals surface area contributed by atoms with Crippen LogP contribution >= 0.6 is 15.9 Å². The van der Waals surface area contributed by atoms with E-state index in [9.17, 15) is 9.59 Å². The van der Waals surface area contributed by atoms with Crippen LogP contribution in [0.5, 0.6) is 0 Å². The maximum Gasteiger partial charge on any atom is 0.404 e. The molecule has 19 heavy (non-hydrogen) atoms. The Hall–Kier alpha value is -1.40. The first-order valence-corrected chi connectivity index (χ1v) is 6.97. The van der Waals surface area contributed by atoms with Crippen LogP contribution in [0.1, 0.15) is 22.3 Å². The molecule has 104 valence electrons. The lowest BCUT2D eigenvalue weighted by molar-refractivity contribution is 0.102. The molecule has 0 aliphatic rings. The third-order valence-electron chi connectivity index (χ3n) is 2.68. The molecule has 0 radical (unpaired) electrons. The van der Waals surface area contributed by atoms with Crippen LogP contribution in [0.4, 0.5) is 4.79 Å². The zero-order valence-electron chi connectivity index (χ0n) is 10.3. The van der Waals surface area contributed by atoms with Crippen molar-refractivity contribution in [3.8, 4) is 0 Å². The van der Waals surface area contributed by atoms with Gasteiger partial charge in [-0.2, -0.15) is 0 Å². The van der Waals surface area contributed by atoms with Crippen LogP contribution in [-0.4, -0.2) is 40.1 Å². The first kappa shape index (κ1) is 15.7. The lowest BCUT2D eigenvalue weighted by atomic mass is 10.0. The number of alkyl halides is 1. The molecular weight excluding hydrogens is 314 g/mol. The number of Topliss-reactive ketones (excluding diaryl/α,β-unsaturated/α-hetero) is 1. The Kier molecular flexibility index (Phi) is 6.52. The number of amides is 1. The third kappa shape index (κ3) is 5.40. The number of hydrogen-bond acceptors (Lipinski definition) is 3. The first-order valence-electron chi connectivity index (χ1n) is 5.85. The van der Waals surface area contributed by atoms with Gasteiger partial charge in [0.15, 0.2) is 5.78 Å². The molecule has 1 aromatic rings.